The summed E-state index contributed by atoms with van der Waals surface area (Å²) >= 11 is 1.85. The molecule has 10 heteroatoms. The van der Waals surface area contributed by atoms with E-state index >= 15 is 0 Å². The number of carbonyl (C=O) groups excluding carboxylic acids is 1. The molecule has 8 nitrogen and oxygen atoms in total. The van der Waals surface area contributed by atoms with Crippen molar-refractivity contribution in [3.63, 3.8) is 0 Å². The van der Waals surface area contributed by atoms with Crippen LogP contribution in [0.5, 0.6) is 0 Å². The van der Waals surface area contributed by atoms with E-state index in [9.17, 15) is 4.79 Å². The van der Waals surface area contributed by atoms with Crippen LogP contribution in [0.1, 0.15) is 37.8 Å². The van der Waals surface area contributed by atoms with E-state index in [1.54, 1.807) is 0 Å². The molecule has 1 aliphatic heterocycles. The van der Waals surface area contributed by atoms with E-state index < -0.39 is 0 Å². The van der Waals surface area contributed by atoms with Crippen LogP contribution < -0.4 is 5.32 Å². The number of hydrogen-bond acceptors (Lipinski definition) is 6. The molecule has 0 spiro atoms. The van der Waals surface area contributed by atoms with Crippen molar-refractivity contribution in [2.75, 3.05) is 38.2 Å². The highest BCUT2D eigenvalue weighted by Gasteiger charge is 2.27. The Labute approximate surface area is 189 Å². The van der Waals surface area contributed by atoms with Crippen molar-refractivity contribution in [2.45, 2.75) is 39.7 Å². The molecule has 1 saturated heterocycles. The highest BCUT2D eigenvalue weighted by Crippen LogP contribution is 2.19. The summed E-state index contributed by atoms with van der Waals surface area (Å²) in [6.45, 7) is 7.20. The minimum atomic E-state index is -0.0712. The average Bonchev–Trinajstić information content (AvgIpc) is 3.00. The Bertz CT molecular complexity index is 632. The Morgan fingerprint density at radius 1 is 1.36 bits per heavy atom. The lowest BCUT2D eigenvalue weighted by Crippen LogP contribution is -2.47. The maximum Gasteiger partial charge on any atom is 0.309 e. The van der Waals surface area contributed by atoms with Gasteiger partial charge < -0.3 is 19.5 Å². The Morgan fingerprint density at radius 3 is 2.64 bits per heavy atom. The third-order valence-corrected chi connectivity index (χ3v) is 5.47. The summed E-state index contributed by atoms with van der Waals surface area (Å²) in [5, 5.41) is 11.8. The van der Waals surface area contributed by atoms with Crippen LogP contribution in [0.15, 0.2) is 4.99 Å². The number of thioether (sulfide) groups is 1. The van der Waals surface area contributed by atoms with Crippen LogP contribution in [0, 0.1) is 12.8 Å². The number of aliphatic imine (C=N–C) groups is 1. The predicted octanol–water partition coefficient (Wildman–Crippen LogP) is 2.22. The summed E-state index contributed by atoms with van der Waals surface area (Å²) in [5.41, 5.74) is 0. The van der Waals surface area contributed by atoms with Gasteiger partial charge in [-0.1, -0.05) is 0 Å². The maximum atomic E-state index is 12.0. The van der Waals surface area contributed by atoms with E-state index in [-0.39, 0.29) is 35.9 Å². The predicted molar refractivity (Wildman–Crippen MR) is 124 cm³/mol. The Kier molecular flexibility index (Phi) is 11.8. The first-order chi connectivity index (χ1) is 13.1. The third kappa shape index (κ3) is 7.41. The van der Waals surface area contributed by atoms with E-state index in [2.05, 4.69) is 26.7 Å². The van der Waals surface area contributed by atoms with Crippen LogP contribution in [0.3, 0.4) is 0 Å². The van der Waals surface area contributed by atoms with Gasteiger partial charge in [0, 0.05) is 26.7 Å². The van der Waals surface area contributed by atoms with Gasteiger partial charge in [-0.2, -0.15) is 11.8 Å². The molecular formula is C18H33IN6O2S. The number of rotatable bonds is 8. The standard InChI is InChI=1S/C18H32N6O2S.HI/c1-5-26-17(25)15-7-10-24(11-8-15)18(19-9-6-12-27-4)20-13-16-22-21-14(2)23(16)3;/h15H,5-13H2,1-4H3,(H,19,20);1H. The van der Waals surface area contributed by atoms with Crippen molar-refractivity contribution in [3.05, 3.63) is 11.6 Å². The molecule has 2 rings (SSSR count). The van der Waals surface area contributed by atoms with Crippen LogP contribution in [0.2, 0.25) is 0 Å². The molecule has 28 heavy (non-hydrogen) atoms. The number of aromatic nitrogens is 3. The second kappa shape index (κ2) is 13.2. The van der Waals surface area contributed by atoms with Gasteiger partial charge in [-0.25, -0.2) is 4.99 Å². The van der Waals surface area contributed by atoms with Crippen LogP contribution in [-0.4, -0.2) is 69.8 Å². The summed E-state index contributed by atoms with van der Waals surface area (Å²) in [6, 6.07) is 0. The fraction of sp³-hybridized carbons (Fsp3) is 0.778. The van der Waals surface area contributed by atoms with E-state index in [4.69, 9.17) is 9.73 Å². The van der Waals surface area contributed by atoms with Gasteiger partial charge in [0.15, 0.2) is 11.8 Å². The van der Waals surface area contributed by atoms with Gasteiger partial charge in [0.2, 0.25) is 0 Å². The first kappa shape index (κ1) is 25.0. The molecule has 2 heterocycles. The highest BCUT2D eigenvalue weighted by molar-refractivity contribution is 14.0. The zero-order valence-electron chi connectivity index (χ0n) is 17.3. The molecule has 1 aliphatic rings. The van der Waals surface area contributed by atoms with Crippen molar-refractivity contribution in [1.29, 1.82) is 0 Å². The average molecular weight is 524 g/mol. The van der Waals surface area contributed by atoms with Gasteiger partial charge in [-0.05, 0) is 45.1 Å². The van der Waals surface area contributed by atoms with Gasteiger partial charge in [0.25, 0.3) is 0 Å². The molecular weight excluding hydrogens is 491 g/mol. The Hall–Kier alpha value is -1.04. The van der Waals surface area contributed by atoms with Crippen LogP contribution in [0.25, 0.3) is 0 Å². The summed E-state index contributed by atoms with van der Waals surface area (Å²) < 4.78 is 7.13. The molecule has 0 atom stereocenters. The Balaban J connectivity index is 0.00000392. The molecule has 1 N–H and O–H groups in total. The van der Waals surface area contributed by atoms with Crippen LogP contribution >= 0.6 is 35.7 Å². The zero-order chi connectivity index (χ0) is 19.6. The molecule has 1 aromatic heterocycles. The second-order valence-corrected chi connectivity index (χ2v) is 7.63. The molecule has 1 aromatic rings. The monoisotopic (exact) mass is 524 g/mol. The minimum absolute atomic E-state index is 0. The molecule has 1 fully saturated rings. The lowest BCUT2D eigenvalue weighted by Gasteiger charge is -2.33. The number of carbonyl (C=O) groups is 1. The number of ether oxygens (including phenoxy) is 1. The number of nitrogens with zero attached hydrogens (tertiary/aromatic N) is 5. The number of halogens is 1. The molecule has 0 aromatic carbocycles. The SMILES string of the molecule is CCOC(=O)C1CCN(C(=NCc2nnc(C)n2C)NCCCSC)CC1.I. The molecule has 160 valence electrons. The molecule has 0 saturated carbocycles. The molecule has 0 bridgehead atoms. The van der Waals surface area contributed by atoms with E-state index in [0.29, 0.717) is 13.2 Å². The lowest BCUT2D eigenvalue weighted by atomic mass is 9.97. The van der Waals surface area contributed by atoms with Crippen LogP contribution in [-0.2, 0) is 23.1 Å². The first-order valence-corrected chi connectivity index (χ1v) is 11.0. The third-order valence-electron chi connectivity index (χ3n) is 4.78. The topological polar surface area (TPSA) is 84.6 Å². The quantitative estimate of drug-likeness (QED) is 0.184. The first-order valence-electron chi connectivity index (χ1n) is 9.60. The summed E-state index contributed by atoms with van der Waals surface area (Å²) in [6.07, 6.45) is 4.80. The van der Waals surface area contributed by atoms with Crippen molar-refractivity contribution < 1.29 is 9.53 Å². The molecule has 0 radical (unpaired) electrons. The van der Waals surface area contributed by atoms with Crippen molar-refractivity contribution in [2.24, 2.45) is 18.0 Å². The molecule has 0 amide bonds. The van der Waals surface area contributed by atoms with Crippen molar-refractivity contribution >= 4 is 47.7 Å². The summed E-state index contributed by atoms with van der Waals surface area (Å²) in [7, 11) is 1.95. The molecule has 0 unspecified atom stereocenters. The normalized spacial score (nSPS) is 15.3. The van der Waals surface area contributed by atoms with Gasteiger partial charge in [0.05, 0.1) is 12.5 Å². The zero-order valence-corrected chi connectivity index (χ0v) is 20.5. The van der Waals surface area contributed by atoms with E-state index in [0.717, 1.165) is 62.3 Å². The Morgan fingerprint density at radius 2 is 2.07 bits per heavy atom. The highest BCUT2D eigenvalue weighted by atomic mass is 127. The summed E-state index contributed by atoms with van der Waals surface area (Å²) in [4.78, 5) is 19.0. The minimum Gasteiger partial charge on any atom is -0.466 e. The maximum absolute atomic E-state index is 12.0. The largest absolute Gasteiger partial charge is 0.466 e. The fourth-order valence-electron chi connectivity index (χ4n) is 3.01. The summed E-state index contributed by atoms with van der Waals surface area (Å²) in [5.74, 6) is 3.66. The lowest BCUT2D eigenvalue weighted by molar-refractivity contribution is -0.149. The van der Waals surface area contributed by atoms with Gasteiger partial charge in [-0.15, -0.1) is 34.2 Å². The van der Waals surface area contributed by atoms with E-state index in [1.807, 2.05) is 37.2 Å². The number of likely N-dealkylation sites (tertiary alicyclic amines) is 1. The molecule has 0 aliphatic carbocycles. The smallest absolute Gasteiger partial charge is 0.309 e. The van der Waals surface area contributed by atoms with Crippen molar-refractivity contribution in [3.8, 4) is 0 Å². The van der Waals surface area contributed by atoms with Gasteiger partial charge >= 0.3 is 5.97 Å². The number of guanidine groups is 1. The van der Waals surface area contributed by atoms with Crippen LogP contribution in [0.4, 0.5) is 0 Å². The number of aryl methyl sites for hydroxylation is 1. The number of piperidine rings is 1. The number of hydrogen-bond donors (Lipinski definition) is 1. The fourth-order valence-corrected chi connectivity index (χ4v) is 3.44. The number of esters is 1. The number of nitrogens with one attached hydrogen (secondary N) is 1. The second-order valence-electron chi connectivity index (χ2n) is 6.65. The van der Waals surface area contributed by atoms with Crippen molar-refractivity contribution in [1.82, 2.24) is 25.0 Å². The van der Waals surface area contributed by atoms with Gasteiger partial charge in [-0.3, -0.25) is 4.79 Å². The van der Waals surface area contributed by atoms with E-state index in [1.165, 1.54) is 0 Å². The van der Waals surface area contributed by atoms with Gasteiger partial charge in [0.1, 0.15) is 12.4 Å².